The maximum absolute atomic E-state index is 13.9. The van der Waals surface area contributed by atoms with Crippen LogP contribution in [0.3, 0.4) is 0 Å². The average molecular weight is 415 g/mol. The number of nitrogens with one attached hydrogen (secondary N) is 2. The van der Waals surface area contributed by atoms with Crippen molar-refractivity contribution in [1.29, 1.82) is 0 Å². The SMILES string of the molecule is O=C(Cc1c[nH]c2ccc(F)cc12)NC1CCCN(Cc2ccc(F)cc2F)C1=O. The number of H-pyrrole nitrogens is 1. The minimum atomic E-state index is -0.711. The molecule has 2 heterocycles. The first-order valence-electron chi connectivity index (χ1n) is 9.68. The fraction of sp³-hybridized carbons (Fsp3) is 0.273. The van der Waals surface area contributed by atoms with E-state index in [1.807, 2.05) is 0 Å². The standard InChI is InChI=1S/C22H20F3N3O2/c23-15-5-6-19-17(9-15)14(11-26-19)8-21(29)27-20-2-1-7-28(22(20)30)12-13-3-4-16(24)10-18(13)25/h3-6,9-11,20,26H,1-2,7-8,12H2,(H,27,29). The number of aromatic nitrogens is 1. The van der Waals surface area contributed by atoms with Crippen LogP contribution in [0.4, 0.5) is 13.2 Å². The average Bonchev–Trinajstić information content (AvgIpc) is 3.08. The molecule has 1 saturated heterocycles. The van der Waals surface area contributed by atoms with Crippen LogP contribution in [0, 0.1) is 17.5 Å². The van der Waals surface area contributed by atoms with Gasteiger partial charge in [-0.25, -0.2) is 13.2 Å². The number of hydrogen-bond acceptors (Lipinski definition) is 2. The van der Waals surface area contributed by atoms with Crippen molar-refractivity contribution in [3.8, 4) is 0 Å². The van der Waals surface area contributed by atoms with E-state index in [2.05, 4.69) is 10.3 Å². The Labute approximate surface area is 170 Å². The van der Waals surface area contributed by atoms with Gasteiger partial charge < -0.3 is 15.2 Å². The lowest BCUT2D eigenvalue weighted by Gasteiger charge is -2.32. The summed E-state index contributed by atoms with van der Waals surface area (Å²) in [7, 11) is 0. The van der Waals surface area contributed by atoms with E-state index in [0.29, 0.717) is 30.3 Å². The monoisotopic (exact) mass is 415 g/mol. The van der Waals surface area contributed by atoms with E-state index < -0.39 is 23.5 Å². The number of halogens is 3. The summed E-state index contributed by atoms with van der Waals surface area (Å²) in [5.41, 5.74) is 1.58. The van der Waals surface area contributed by atoms with Crippen LogP contribution in [-0.4, -0.2) is 34.3 Å². The number of benzene rings is 2. The Morgan fingerprint density at radius 2 is 1.87 bits per heavy atom. The quantitative estimate of drug-likeness (QED) is 0.671. The molecule has 156 valence electrons. The first kappa shape index (κ1) is 20.0. The van der Waals surface area contributed by atoms with Crippen molar-refractivity contribution in [3.63, 3.8) is 0 Å². The van der Waals surface area contributed by atoms with E-state index in [0.717, 1.165) is 17.6 Å². The number of carbonyl (C=O) groups is 2. The van der Waals surface area contributed by atoms with Crippen molar-refractivity contribution in [2.45, 2.75) is 31.8 Å². The van der Waals surface area contributed by atoms with Crippen LogP contribution in [-0.2, 0) is 22.6 Å². The van der Waals surface area contributed by atoms with Gasteiger partial charge in [0.05, 0.1) is 6.42 Å². The third-order valence-electron chi connectivity index (χ3n) is 5.32. The largest absolute Gasteiger partial charge is 0.361 e. The summed E-state index contributed by atoms with van der Waals surface area (Å²) in [4.78, 5) is 29.7. The Balaban J connectivity index is 1.41. The van der Waals surface area contributed by atoms with Gasteiger partial charge in [0.25, 0.3) is 0 Å². The minimum absolute atomic E-state index is 0.000175. The van der Waals surface area contributed by atoms with Crippen molar-refractivity contribution >= 4 is 22.7 Å². The zero-order valence-electron chi connectivity index (χ0n) is 16.1. The van der Waals surface area contributed by atoms with Crippen LogP contribution in [0.2, 0.25) is 0 Å². The van der Waals surface area contributed by atoms with Crippen molar-refractivity contribution < 1.29 is 22.8 Å². The lowest BCUT2D eigenvalue weighted by molar-refractivity contribution is -0.139. The lowest BCUT2D eigenvalue weighted by Crippen LogP contribution is -2.52. The molecule has 2 N–H and O–H groups in total. The molecule has 0 radical (unpaired) electrons. The van der Waals surface area contributed by atoms with Gasteiger partial charge in [-0.3, -0.25) is 9.59 Å². The van der Waals surface area contributed by atoms with E-state index in [-0.39, 0.29) is 30.3 Å². The number of likely N-dealkylation sites (tertiary alicyclic amines) is 1. The van der Waals surface area contributed by atoms with Gasteiger partial charge in [0.15, 0.2) is 0 Å². The molecule has 5 nitrogen and oxygen atoms in total. The zero-order valence-corrected chi connectivity index (χ0v) is 16.1. The predicted octanol–water partition coefficient (Wildman–Crippen LogP) is 3.44. The van der Waals surface area contributed by atoms with Gasteiger partial charge in [-0.05, 0) is 42.7 Å². The van der Waals surface area contributed by atoms with Crippen molar-refractivity contribution in [2.75, 3.05) is 6.54 Å². The summed E-state index contributed by atoms with van der Waals surface area (Å²) in [5.74, 6) is -2.43. The molecule has 1 aliphatic heterocycles. The number of hydrogen-bond donors (Lipinski definition) is 2. The van der Waals surface area contributed by atoms with Gasteiger partial charge in [-0.15, -0.1) is 0 Å². The molecule has 3 aromatic rings. The molecule has 0 aliphatic carbocycles. The summed E-state index contributed by atoms with van der Waals surface area (Å²) in [6, 6.07) is 6.83. The maximum atomic E-state index is 13.9. The van der Waals surface area contributed by atoms with E-state index in [4.69, 9.17) is 0 Å². The molecular formula is C22H20F3N3O2. The predicted molar refractivity (Wildman–Crippen MR) is 105 cm³/mol. The zero-order chi connectivity index (χ0) is 21.3. The number of nitrogens with zero attached hydrogens (tertiary/aromatic N) is 1. The number of fused-ring (bicyclic) bond motifs is 1. The van der Waals surface area contributed by atoms with Crippen LogP contribution in [0.1, 0.15) is 24.0 Å². The molecule has 1 atom stereocenters. The van der Waals surface area contributed by atoms with Gasteiger partial charge in [0, 0.05) is 41.8 Å². The van der Waals surface area contributed by atoms with Crippen molar-refractivity contribution in [1.82, 2.24) is 15.2 Å². The van der Waals surface area contributed by atoms with Gasteiger partial charge in [-0.1, -0.05) is 6.07 Å². The Morgan fingerprint density at radius 1 is 1.10 bits per heavy atom. The number of aromatic amines is 1. The normalized spacial score (nSPS) is 16.8. The highest BCUT2D eigenvalue weighted by atomic mass is 19.1. The van der Waals surface area contributed by atoms with Crippen LogP contribution >= 0.6 is 0 Å². The molecule has 1 aliphatic rings. The molecule has 0 bridgehead atoms. The maximum Gasteiger partial charge on any atom is 0.245 e. The molecule has 0 spiro atoms. The van der Waals surface area contributed by atoms with Crippen LogP contribution in [0.15, 0.2) is 42.6 Å². The van der Waals surface area contributed by atoms with Gasteiger partial charge in [0.1, 0.15) is 23.5 Å². The highest BCUT2D eigenvalue weighted by Gasteiger charge is 2.30. The van der Waals surface area contributed by atoms with E-state index in [9.17, 15) is 22.8 Å². The lowest BCUT2D eigenvalue weighted by atomic mass is 10.0. The molecule has 0 saturated carbocycles. The Bertz CT molecular complexity index is 1110. The first-order chi connectivity index (χ1) is 14.4. The van der Waals surface area contributed by atoms with Crippen LogP contribution in [0.25, 0.3) is 10.9 Å². The number of amides is 2. The molecule has 2 aromatic carbocycles. The molecule has 1 unspecified atom stereocenters. The highest BCUT2D eigenvalue weighted by Crippen LogP contribution is 2.21. The third kappa shape index (κ3) is 4.17. The highest BCUT2D eigenvalue weighted by molar-refractivity contribution is 5.92. The van der Waals surface area contributed by atoms with E-state index >= 15 is 0 Å². The molecule has 1 aromatic heterocycles. The molecule has 2 amide bonds. The van der Waals surface area contributed by atoms with Gasteiger partial charge >= 0.3 is 0 Å². The van der Waals surface area contributed by atoms with Gasteiger partial charge in [0.2, 0.25) is 11.8 Å². The summed E-state index contributed by atoms with van der Waals surface area (Å²) in [5, 5.41) is 3.35. The first-order valence-corrected chi connectivity index (χ1v) is 9.68. The molecule has 4 rings (SSSR count). The second-order valence-electron chi connectivity index (χ2n) is 7.44. The summed E-state index contributed by atoms with van der Waals surface area (Å²) < 4.78 is 40.5. The third-order valence-corrected chi connectivity index (χ3v) is 5.32. The molecule has 1 fully saturated rings. The van der Waals surface area contributed by atoms with Crippen molar-refractivity contribution in [2.24, 2.45) is 0 Å². The van der Waals surface area contributed by atoms with E-state index in [1.165, 1.54) is 23.1 Å². The minimum Gasteiger partial charge on any atom is -0.361 e. The van der Waals surface area contributed by atoms with Crippen molar-refractivity contribution in [3.05, 3.63) is 71.2 Å². The number of carbonyl (C=O) groups excluding carboxylic acids is 2. The molecular weight excluding hydrogens is 395 g/mol. The fourth-order valence-corrected chi connectivity index (χ4v) is 3.80. The molecule has 8 heteroatoms. The number of rotatable bonds is 5. The summed E-state index contributed by atoms with van der Waals surface area (Å²) in [6.45, 7) is 0.447. The Kier molecular flexibility index (Phi) is 5.48. The number of piperidine rings is 1. The molecule has 30 heavy (non-hydrogen) atoms. The second-order valence-corrected chi connectivity index (χ2v) is 7.44. The Morgan fingerprint density at radius 3 is 2.67 bits per heavy atom. The van der Waals surface area contributed by atoms with Crippen LogP contribution < -0.4 is 5.32 Å². The topological polar surface area (TPSA) is 65.2 Å². The Hall–Kier alpha value is -3.29. The smallest absolute Gasteiger partial charge is 0.245 e. The fourth-order valence-electron chi connectivity index (χ4n) is 3.80. The second kappa shape index (κ2) is 8.22. The summed E-state index contributed by atoms with van der Waals surface area (Å²) in [6.07, 6.45) is 2.78. The van der Waals surface area contributed by atoms with Gasteiger partial charge in [-0.2, -0.15) is 0 Å². The summed E-state index contributed by atoms with van der Waals surface area (Å²) >= 11 is 0. The van der Waals surface area contributed by atoms with Crippen LogP contribution in [0.5, 0.6) is 0 Å². The van der Waals surface area contributed by atoms with E-state index in [1.54, 1.807) is 12.3 Å².